The number of unbranched alkanes of at least 4 members (excludes halogenated alkanes) is 1. The van der Waals surface area contributed by atoms with Gasteiger partial charge < -0.3 is 5.73 Å². The molecule has 0 saturated carbocycles. The number of rotatable bonds is 4. The molecule has 1 aromatic carbocycles. The Morgan fingerprint density at radius 3 is 2.39 bits per heavy atom. The molecule has 2 heteroatoms. The summed E-state index contributed by atoms with van der Waals surface area (Å²) < 4.78 is 0. The van der Waals surface area contributed by atoms with E-state index in [-0.39, 0.29) is 5.41 Å². The van der Waals surface area contributed by atoms with Crippen LogP contribution in [0, 0.1) is 18.3 Å². The van der Waals surface area contributed by atoms with Crippen LogP contribution in [0.5, 0.6) is 0 Å². The Labute approximate surface area is 111 Å². The van der Waals surface area contributed by atoms with Crippen LogP contribution in [0.3, 0.4) is 0 Å². The predicted octanol–water partition coefficient (Wildman–Crippen LogP) is 3.45. The topological polar surface area (TPSA) is 49.8 Å². The van der Waals surface area contributed by atoms with E-state index < -0.39 is 0 Å². The van der Waals surface area contributed by atoms with Gasteiger partial charge in [0.05, 0.1) is 11.6 Å². The van der Waals surface area contributed by atoms with Gasteiger partial charge in [-0.15, -0.1) is 0 Å². The fourth-order valence-electron chi connectivity index (χ4n) is 2.29. The van der Waals surface area contributed by atoms with Crippen LogP contribution < -0.4 is 5.73 Å². The summed E-state index contributed by atoms with van der Waals surface area (Å²) in [4.78, 5) is 0. The standard InChI is InChI=1S/C16H24N2/c1-12-14(11-18)9-13(7-5-6-8-17)10-15(12)16(2,3)4/h9-10H,5-8,17H2,1-4H3. The molecule has 0 aliphatic carbocycles. The van der Waals surface area contributed by atoms with E-state index in [1.807, 2.05) is 13.0 Å². The lowest BCUT2D eigenvalue weighted by Crippen LogP contribution is -2.14. The first kappa shape index (κ1) is 14.7. The van der Waals surface area contributed by atoms with Crippen molar-refractivity contribution in [3.63, 3.8) is 0 Å². The minimum absolute atomic E-state index is 0.0829. The molecule has 0 aliphatic rings. The highest BCUT2D eigenvalue weighted by atomic mass is 14.5. The fourth-order valence-corrected chi connectivity index (χ4v) is 2.29. The number of hydrogen-bond donors (Lipinski definition) is 1. The zero-order valence-electron chi connectivity index (χ0n) is 12.0. The third kappa shape index (κ3) is 3.58. The minimum Gasteiger partial charge on any atom is -0.330 e. The maximum absolute atomic E-state index is 9.23. The summed E-state index contributed by atoms with van der Waals surface area (Å²) in [6, 6.07) is 6.60. The second kappa shape index (κ2) is 6.02. The van der Waals surface area contributed by atoms with Crippen LogP contribution in [0.15, 0.2) is 12.1 Å². The van der Waals surface area contributed by atoms with Crippen LogP contribution in [0.25, 0.3) is 0 Å². The number of aryl methyl sites for hydroxylation is 1. The molecule has 0 unspecified atom stereocenters. The highest BCUT2D eigenvalue weighted by molar-refractivity contribution is 5.47. The zero-order valence-corrected chi connectivity index (χ0v) is 12.0. The molecule has 1 rings (SSSR count). The van der Waals surface area contributed by atoms with Gasteiger partial charge in [-0.05, 0) is 60.9 Å². The van der Waals surface area contributed by atoms with Gasteiger partial charge in [-0.3, -0.25) is 0 Å². The van der Waals surface area contributed by atoms with Gasteiger partial charge in [0, 0.05) is 0 Å². The number of nitrogens with two attached hydrogens (primary N) is 1. The second-order valence-corrected chi connectivity index (χ2v) is 5.92. The van der Waals surface area contributed by atoms with E-state index >= 15 is 0 Å². The summed E-state index contributed by atoms with van der Waals surface area (Å²) in [5.41, 5.74) is 10.1. The molecule has 18 heavy (non-hydrogen) atoms. The van der Waals surface area contributed by atoms with E-state index in [1.54, 1.807) is 0 Å². The normalized spacial score (nSPS) is 11.3. The van der Waals surface area contributed by atoms with Gasteiger partial charge in [0.1, 0.15) is 0 Å². The zero-order chi connectivity index (χ0) is 13.8. The van der Waals surface area contributed by atoms with Gasteiger partial charge >= 0.3 is 0 Å². The SMILES string of the molecule is Cc1c(C#N)cc(CCCCN)cc1C(C)(C)C. The summed E-state index contributed by atoms with van der Waals surface area (Å²) in [7, 11) is 0. The number of nitriles is 1. The highest BCUT2D eigenvalue weighted by Gasteiger charge is 2.19. The van der Waals surface area contributed by atoms with E-state index in [9.17, 15) is 5.26 Å². The molecule has 0 saturated heterocycles. The van der Waals surface area contributed by atoms with Gasteiger partial charge in [-0.25, -0.2) is 0 Å². The summed E-state index contributed by atoms with van der Waals surface area (Å²) in [6.45, 7) is 9.37. The van der Waals surface area contributed by atoms with Crippen molar-refractivity contribution in [3.05, 3.63) is 34.4 Å². The fraction of sp³-hybridized carbons (Fsp3) is 0.562. The van der Waals surface area contributed by atoms with Crippen molar-refractivity contribution in [1.82, 2.24) is 0 Å². The monoisotopic (exact) mass is 244 g/mol. The van der Waals surface area contributed by atoms with Crippen molar-refractivity contribution < 1.29 is 0 Å². The molecule has 0 aliphatic heterocycles. The Kier molecular flexibility index (Phi) is 4.93. The summed E-state index contributed by atoms with van der Waals surface area (Å²) in [5.74, 6) is 0. The van der Waals surface area contributed by atoms with Crippen molar-refractivity contribution in [2.75, 3.05) is 6.54 Å². The van der Waals surface area contributed by atoms with Gasteiger partial charge in [0.15, 0.2) is 0 Å². The third-order valence-electron chi connectivity index (χ3n) is 3.32. The van der Waals surface area contributed by atoms with Crippen LogP contribution in [0.1, 0.15) is 55.9 Å². The Hall–Kier alpha value is -1.33. The van der Waals surface area contributed by atoms with Crippen LogP contribution in [0.4, 0.5) is 0 Å². The van der Waals surface area contributed by atoms with Crippen molar-refractivity contribution in [1.29, 1.82) is 5.26 Å². The Bertz CT molecular complexity index is 447. The Morgan fingerprint density at radius 2 is 1.89 bits per heavy atom. The molecular weight excluding hydrogens is 220 g/mol. The summed E-state index contributed by atoms with van der Waals surface area (Å²) in [6.07, 6.45) is 3.14. The highest BCUT2D eigenvalue weighted by Crippen LogP contribution is 2.29. The maximum Gasteiger partial charge on any atom is 0.0994 e. The van der Waals surface area contributed by atoms with Crippen molar-refractivity contribution >= 4 is 0 Å². The van der Waals surface area contributed by atoms with Crippen LogP contribution in [-0.2, 0) is 11.8 Å². The molecule has 0 radical (unpaired) electrons. The van der Waals surface area contributed by atoms with E-state index in [1.165, 1.54) is 11.1 Å². The van der Waals surface area contributed by atoms with Gasteiger partial charge in [0.2, 0.25) is 0 Å². The molecule has 0 bridgehead atoms. The first-order valence-corrected chi connectivity index (χ1v) is 6.64. The first-order chi connectivity index (χ1) is 8.40. The lowest BCUT2D eigenvalue weighted by atomic mass is 9.81. The van der Waals surface area contributed by atoms with Gasteiger partial charge in [-0.2, -0.15) is 5.26 Å². The largest absolute Gasteiger partial charge is 0.330 e. The van der Waals surface area contributed by atoms with Crippen LogP contribution in [-0.4, -0.2) is 6.54 Å². The number of hydrogen-bond acceptors (Lipinski definition) is 2. The predicted molar refractivity (Wildman–Crippen MR) is 76.6 cm³/mol. The molecule has 0 fully saturated rings. The molecule has 0 spiro atoms. The summed E-state index contributed by atoms with van der Waals surface area (Å²) >= 11 is 0. The van der Waals surface area contributed by atoms with E-state index in [4.69, 9.17) is 5.73 Å². The van der Waals surface area contributed by atoms with Crippen LogP contribution >= 0.6 is 0 Å². The Balaban J connectivity index is 3.12. The smallest absolute Gasteiger partial charge is 0.0994 e. The van der Waals surface area contributed by atoms with Crippen LogP contribution in [0.2, 0.25) is 0 Å². The average molecular weight is 244 g/mol. The van der Waals surface area contributed by atoms with Crippen molar-refractivity contribution in [2.24, 2.45) is 5.73 Å². The number of nitrogens with zero attached hydrogens (tertiary/aromatic N) is 1. The second-order valence-electron chi connectivity index (χ2n) is 5.92. The minimum atomic E-state index is 0.0829. The molecule has 0 heterocycles. The maximum atomic E-state index is 9.23. The number of benzene rings is 1. The molecule has 1 aromatic rings. The van der Waals surface area contributed by atoms with Gasteiger partial charge in [-0.1, -0.05) is 26.8 Å². The molecule has 0 aromatic heterocycles. The molecule has 0 atom stereocenters. The lowest BCUT2D eigenvalue weighted by Gasteiger charge is -2.23. The Morgan fingerprint density at radius 1 is 1.22 bits per heavy atom. The first-order valence-electron chi connectivity index (χ1n) is 6.64. The average Bonchev–Trinajstić information content (AvgIpc) is 2.29. The molecule has 0 amide bonds. The summed E-state index contributed by atoms with van der Waals surface area (Å²) in [5, 5.41) is 9.23. The third-order valence-corrected chi connectivity index (χ3v) is 3.32. The lowest BCUT2D eigenvalue weighted by molar-refractivity contribution is 0.584. The van der Waals surface area contributed by atoms with Gasteiger partial charge in [0.25, 0.3) is 0 Å². The van der Waals surface area contributed by atoms with Crippen molar-refractivity contribution in [2.45, 2.75) is 52.4 Å². The molecular formula is C16H24N2. The van der Waals surface area contributed by atoms with E-state index in [0.29, 0.717) is 0 Å². The van der Waals surface area contributed by atoms with Crippen molar-refractivity contribution in [3.8, 4) is 6.07 Å². The molecule has 2 N–H and O–H groups in total. The quantitative estimate of drug-likeness (QED) is 0.825. The molecule has 98 valence electrons. The van der Waals surface area contributed by atoms with E-state index in [0.717, 1.165) is 36.9 Å². The van der Waals surface area contributed by atoms with E-state index in [2.05, 4.69) is 32.9 Å². The molecule has 2 nitrogen and oxygen atoms in total.